The number of ether oxygens (including phenoxy) is 2. The van der Waals surface area contributed by atoms with E-state index >= 15 is 0 Å². The molecule has 2 aromatic carbocycles. The molecule has 1 aromatic heterocycles. The maximum absolute atomic E-state index is 12.6. The molecule has 3 aromatic rings. The molecule has 3 rings (SSSR count). The second-order valence-corrected chi connectivity index (χ2v) is 8.26. The van der Waals surface area contributed by atoms with Crippen molar-refractivity contribution in [2.45, 2.75) is 38.1 Å². The summed E-state index contributed by atoms with van der Waals surface area (Å²) in [4.78, 5) is 12.6. The Kier molecular flexibility index (Phi) is 8.33. The van der Waals surface area contributed by atoms with Crippen molar-refractivity contribution >= 4 is 23.4 Å². The number of methoxy groups -OCH3 is 1. The molecule has 0 saturated heterocycles. The van der Waals surface area contributed by atoms with Gasteiger partial charge in [0.05, 0.1) is 12.9 Å². The van der Waals surface area contributed by atoms with Crippen LogP contribution in [0.3, 0.4) is 0 Å². The largest absolute Gasteiger partial charge is 0.493 e. The van der Waals surface area contributed by atoms with E-state index in [1.165, 1.54) is 11.8 Å². The van der Waals surface area contributed by atoms with Crippen LogP contribution in [0.15, 0.2) is 66.3 Å². The van der Waals surface area contributed by atoms with Gasteiger partial charge in [-0.05, 0) is 29.7 Å². The number of anilines is 1. The third-order valence-corrected chi connectivity index (χ3v) is 5.69. The van der Waals surface area contributed by atoms with Gasteiger partial charge < -0.3 is 14.8 Å². The first-order chi connectivity index (χ1) is 15.5. The number of thioether (sulfide) groups is 1. The molecule has 0 unspecified atom stereocenters. The van der Waals surface area contributed by atoms with E-state index in [9.17, 15) is 4.79 Å². The van der Waals surface area contributed by atoms with Gasteiger partial charge in [-0.25, -0.2) is 0 Å². The van der Waals surface area contributed by atoms with Gasteiger partial charge in [0, 0.05) is 12.2 Å². The van der Waals surface area contributed by atoms with Crippen LogP contribution in [0.4, 0.5) is 5.69 Å². The normalized spacial score (nSPS) is 10.8. The van der Waals surface area contributed by atoms with E-state index in [2.05, 4.69) is 35.9 Å². The molecule has 0 atom stereocenters. The van der Waals surface area contributed by atoms with Crippen LogP contribution in [0.5, 0.6) is 11.5 Å². The van der Waals surface area contributed by atoms with Crippen molar-refractivity contribution in [1.82, 2.24) is 14.8 Å². The fourth-order valence-electron chi connectivity index (χ4n) is 3.16. The molecule has 0 spiro atoms. The second kappa shape index (κ2) is 11.4. The average molecular weight is 453 g/mol. The Balaban J connectivity index is 1.65. The third kappa shape index (κ3) is 5.91. The fourth-order valence-corrected chi connectivity index (χ4v) is 3.92. The van der Waals surface area contributed by atoms with Gasteiger partial charge in [-0.2, -0.15) is 0 Å². The highest BCUT2D eigenvalue weighted by Crippen LogP contribution is 2.27. The molecule has 0 bridgehead atoms. The highest BCUT2D eigenvalue weighted by Gasteiger charge is 2.16. The number of nitrogens with zero attached hydrogens (tertiary/aromatic N) is 3. The zero-order valence-electron chi connectivity index (χ0n) is 18.6. The van der Waals surface area contributed by atoms with Gasteiger partial charge in [-0.1, -0.05) is 62.0 Å². The Morgan fingerprint density at radius 1 is 1.16 bits per heavy atom. The van der Waals surface area contributed by atoms with Gasteiger partial charge in [-0.15, -0.1) is 16.8 Å². The Labute approximate surface area is 192 Å². The molecule has 1 amide bonds. The van der Waals surface area contributed by atoms with Crippen LogP contribution < -0.4 is 14.8 Å². The predicted octanol–water partition coefficient (Wildman–Crippen LogP) is 4.91. The Morgan fingerprint density at radius 3 is 2.59 bits per heavy atom. The first-order valence-corrected chi connectivity index (χ1v) is 11.3. The maximum atomic E-state index is 12.6. The van der Waals surface area contributed by atoms with Crippen LogP contribution in [0.1, 0.15) is 31.2 Å². The monoisotopic (exact) mass is 452 g/mol. The SMILES string of the molecule is C=CCn1c(COc2ccccc2OC)nnc1SCC(=O)Nc1ccccc1C(C)C. The van der Waals surface area contributed by atoms with Crippen LogP contribution in [0, 0.1) is 0 Å². The fraction of sp³-hybridized carbons (Fsp3) is 0.292. The predicted molar refractivity (Wildman–Crippen MR) is 127 cm³/mol. The first kappa shape index (κ1) is 23.4. The number of rotatable bonds is 11. The quantitative estimate of drug-likeness (QED) is 0.329. The summed E-state index contributed by atoms with van der Waals surface area (Å²) < 4.78 is 13.1. The van der Waals surface area contributed by atoms with Gasteiger partial charge in [0.15, 0.2) is 22.5 Å². The topological polar surface area (TPSA) is 78.3 Å². The van der Waals surface area contributed by atoms with E-state index in [1.807, 2.05) is 53.1 Å². The number of hydrogen-bond acceptors (Lipinski definition) is 6. The first-order valence-electron chi connectivity index (χ1n) is 10.3. The van der Waals surface area contributed by atoms with E-state index in [1.54, 1.807) is 13.2 Å². The molecule has 7 nitrogen and oxygen atoms in total. The number of amides is 1. The van der Waals surface area contributed by atoms with Gasteiger partial charge in [-0.3, -0.25) is 9.36 Å². The molecule has 1 N–H and O–H groups in total. The molecular weight excluding hydrogens is 424 g/mol. The zero-order valence-corrected chi connectivity index (χ0v) is 19.4. The minimum absolute atomic E-state index is 0.0944. The maximum Gasteiger partial charge on any atom is 0.234 e. The number of hydrogen-bond donors (Lipinski definition) is 1. The summed E-state index contributed by atoms with van der Waals surface area (Å²) in [6.07, 6.45) is 1.76. The van der Waals surface area contributed by atoms with Gasteiger partial charge in [0.25, 0.3) is 0 Å². The molecule has 8 heteroatoms. The van der Waals surface area contributed by atoms with E-state index in [0.29, 0.717) is 34.9 Å². The number of aromatic nitrogens is 3. The van der Waals surface area contributed by atoms with E-state index < -0.39 is 0 Å². The summed E-state index contributed by atoms with van der Waals surface area (Å²) in [6, 6.07) is 15.3. The summed E-state index contributed by atoms with van der Waals surface area (Å²) in [6.45, 7) is 8.75. The molecule has 0 aliphatic carbocycles. The van der Waals surface area contributed by atoms with Gasteiger partial charge >= 0.3 is 0 Å². The van der Waals surface area contributed by atoms with Crippen LogP contribution in [0.2, 0.25) is 0 Å². The third-order valence-electron chi connectivity index (χ3n) is 4.72. The summed E-state index contributed by atoms with van der Waals surface area (Å²) >= 11 is 1.33. The summed E-state index contributed by atoms with van der Waals surface area (Å²) in [5, 5.41) is 12.1. The number of nitrogens with one attached hydrogen (secondary N) is 1. The van der Waals surface area contributed by atoms with Crippen LogP contribution in [-0.4, -0.2) is 33.5 Å². The second-order valence-electron chi connectivity index (χ2n) is 7.32. The van der Waals surface area contributed by atoms with Crippen molar-refractivity contribution in [3.05, 3.63) is 72.6 Å². The van der Waals surface area contributed by atoms with Crippen molar-refractivity contribution in [2.75, 3.05) is 18.2 Å². The molecule has 0 radical (unpaired) electrons. The minimum Gasteiger partial charge on any atom is -0.493 e. The van der Waals surface area contributed by atoms with Crippen molar-refractivity contribution in [3.63, 3.8) is 0 Å². The zero-order chi connectivity index (χ0) is 22.9. The lowest BCUT2D eigenvalue weighted by Crippen LogP contribution is -2.16. The van der Waals surface area contributed by atoms with Gasteiger partial charge in [0.2, 0.25) is 5.91 Å². The lowest BCUT2D eigenvalue weighted by Gasteiger charge is -2.13. The Bertz CT molecular complexity index is 1060. The van der Waals surface area contributed by atoms with E-state index in [-0.39, 0.29) is 18.3 Å². The Morgan fingerprint density at radius 2 is 1.88 bits per heavy atom. The molecule has 0 aliphatic heterocycles. The number of carbonyl (C=O) groups excluding carboxylic acids is 1. The summed E-state index contributed by atoms with van der Waals surface area (Å²) in [5.41, 5.74) is 1.95. The van der Waals surface area contributed by atoms with Crippen molar-refractivity contribution in [1.29, 1.82) is 0 Å². The van der Waals surface area contributed by atoms with Crippen LogP contribution in [-0.2, 0) is 17.9 Å². The van der Waals surface area contributed by atoms with Crippen molar-refractivity contribution in [3.8, 4) is 11.5 Å². The molecule has 1 heterocycles. The number of carbonyl (C=O) groups is 1. The summed E-state index contributed by atoms with van der Waals surface area (Å²) in [7, 11) is 1.60. The smallest absolute Gasteiger partial charge is 0.234 e. The molecule has 0 saturated carbocycles. The lowest BCUT2D eigenvalue weighted by atomic mass is 10.0. The number of allylic oxidation sites excluding steroid dienone is 1. The highest BCUT2D eigenvalue weighted by molar-refractivity contribution is 7.99. The average Bonchev–Trinajstić information content (AvgIpc) is 3.18. The van der Waals surface area contributed by atoms with Gasteiger partial charge in [0.1, 0.15) is 6.61 Å². The van der Waals surface area contributed by atoms with Crippen molar-refractivity contribution < 1.29 is 14.3 Å². The lowest BCUT2D eigenvalue weighted by molar-refractivity contribution is -0.113. The molecule has 0 fully saturated rings. The van der Waals surface area contributed by atoms with Crippen LogP contribution in [0.25, 0.3) is 0 Å². The van der Waals surface area contributed by atoms with Crippen LogP contribution >= 0.6 is 11.8 Å². The van der Waals surface area contributed by atoms with Crippen molar-refractivity contribution in [2.24, 2.45) is 0 Å². The number of benzene rings is 2. The van der Waals surface area contributed by atoms with E-state index in [4.69, 9.17) is 9.47 Å². The molecular formula is C24H28N4O3S. The molecule has 32 heavy (non-hydrogen) atoms. The minimum atomic E-state index is -0.0944. The number of para-hydroxylation sites is 3. The standard InChI is InChI=1S/C24H28N4O3S/c1-5-14-28-22(15-31-21-13-9-8-12-20(21)30-4)26-27-24(28)32-16-23(29)25-19-11-7-6-10-18(19)17(2)3/h5-13,17H,1,14-16H2,2-4H3,(H,25,29). The highest BCUT2D eigenvalue weighted by atomic mass is 32.2. The molecule has 0 aliphatic rings. The molecule has 168 valence electrons. The Hall–Kier alpha value is -3.26. The summed E-state index contributed by atoms with van der Waals surface area (Å²) in [5.74, 6) is 2.36. The van der Waals surface area contributed by atoms with E-state index in [0.717, 1.165) is 11.3 Å².